The lowest BCUT2D eigenvalue weighted by molar-refractivity contribution is -0.125. The summed E-state index contributed by atoms with van der Waals surface area (Å²) in [7, 11) is 1.49. The SMILES string of the molecule is COc1ccc(OCC(=O)NCC(=O)Nc2c(C)cccc2C)c(C=O)c1. The number of carbonyl (C=O) groups excluding carboxylic acids is 3. The highest BCUT2D eigenvalue weighted by molar-refractivity contribution is 5.95. The molecule has 7 nitrogen and oxygen atoms in total. The molecule has 0 aliphatic carbocycles. The van der Waals surface area contributed by atoms with Gasteiger partial charge in [0.1, 0.15) is 11.5 Å². The number of benzene rings is 2. The topological polar surface area (TPSA) is 93.7 Å². The third kappa shape index (κ3) is 5.57. The van der Waals surface area contributed by atoms with E-state index in [0.717, 1.165) is 16.8 Å². The number of carbonyl (C=O) groups is 3. The van der Waals surface area contributed by atoms with Crippen molar-refractivity contribution < 1.29 is 23.9 Å². The first kappa shape index (κ1) is 20.0. The van der Waals surface area contributed by atoms with Crippen LogP contribution in [0, 0.1) is 13.8 Å². The fourth-order valence-corrected chi connectivity index (χ4v) is 2.45. The lowest BCUT2D eigenvalue weighted by atomic mass is 10.1. The van der Waals surface area contributed by atoms with Gasteiger partial charge in [0.2, 0.25) is 5.91 Å². The molecule has 0 aliphatic rings. The molecule has 2 aromatic rings. The van der Waals surface area contributed by atoms with E-state index in [-0.39, 0.29) is 30.4 Å². The third-order valence-electron chi connectivity index (χ3n) is 3.89. The van der Waals surface area contributed by atoms with E-state index in [2.05, 4.69) is 10.6 Å². The van der Waals surface area contributed by atoms with Crippen molar-refractivity contribution in [2.75, 3.05) is 25.6 Å². The average Bonchev–Trinajstić information content (AvgIpc) is 2.67. The second-order valence-corrected chi connectivity index (χ2v) is 5.90. The summed E-state index contributed by atoms with van der Waals surface area (Å²) in [4.78, 5) is 35.0. The number of anilines is 1. The first-order valence-electron chi connectivity index (χ1n) is 8.33. The van der Waals surface area contributed by atoms with Crippen LogP contribution in [0.25, 0.3) is 0 Å². The van der Waals surface area contributed by atoms with Gasteiger partial charge in [-0.05, 0) is 43.2 Å². The van der Waals surface area contributed by atoms with E-state index < -0.39 is 5.91 Å². The molecule has 0 saturated heterocycles. The molecule has 0 heterocycles. The number of para-hydroxylation sites is 1. The maximum atomic E-state index is 12.0. The number of rotatable bonds is 8. The Balaban J connectivity index is 1.84. The molecular weight excluding hydrogens is 348 g/mol. The van der Waals surface area contributed by atoms with Crippen LogP contribution in [0.5, 0.6) is 11.5 Å². The zero-order valence-electron chi connectivity index (χ0n) is 15.5. The van der Waals surface area contributed by atoms with Crippen LogP contribution >= 0.6 is 0 Å². The number of aldehydes is 1. The summed E-state index contributed by atoms with van der Waals surface area (Å²) in [6.07, 6.45) is 0.619. The van der Waals surface area contributed by atoms with Gasteiger partial charge in [0, 0.05) is 5.69 Å². The number of hydrogen-bond donors (Lipinski definition) is 2. The van der Waals surface area contributed by atoms with E-state index in [9.17, 15) is 14.4 Å². The van der Waals surface area contributed by atoms with Crippen molar-refractivity contribution in [3.63, 3.8) is 0 Å². The summed E-state index contributed by atoms with van der Waals surface area (Å²) in [6.45, 7) is 3.30. The van der Waals surface area contributed by atoms with Gasteiger partial charge in [-0.1, -0.05) is 18.2 Å². The maximum absolute atomic E-state index is 12.0. The van der Waals surface area contributed by atoms with E-state index in [1.807, 2.05) is 32.0 Å². The van der Waals surface area contributed by atoms with Crippen molar-refractivity contribution in [3.8, 4) is 11.5 Å². The predicted molar refractivity (Wildman–Crippen MR) is 101 cm³/mol. The Morgan fingerprint density at radius 3 is 2.41 bits per heavy atom. The fourth-order valence-electron chi connectivity index (χ4n) is 2.45. The highest BCUT2D eigenvalue weighted by Crippen LogP contribution is 2.22. The summed E-state index contributed by atoms with van der Waals surface area (Å²) < 4.78 is 10.4. The van der Waals surface area contributed by atoms with Crippen molar-refractivity contribution in [3.05, 3.63) is 53.1 Å². The van der Waals surface area contributed by atoms with E-state index >= 15 is 0 Å². The van der Waals surface area contributed by atoms with Gasteiger partial charge in [0.25, 0.3) is 5.91 Å². The molecule has 2 aromatic carbocycles. The zero-order valence-corrected chi connectivity index (χ0v) is 15.5. The number of methoxy groups -OCH3 is 1. The van der Waals surface area contributed by atoms with Gasteiger partial charge in [0.15, 0.2) is 12.9 Å². The first-order valence-corrected chi connectivity index (χ1v) is 8.33. The second kappa shape index (κ2) is 9.38. The van der Waals surface area contributed by atoms with Crippen LogP contribution in [0.4, 0.5) is 5.69 Å². The smallest absolute Gasteiger partial charge is 0.258 e. The minimum absolute atomic E-state index is 0.181. The molecule has 0 atom stereocenters. The molecule has 0 saturated carbocycles. The fraction of sp³-hybridized carbons (Fsp3) is 0.250. The Bertz CT molecular complexity index is 828. The lowest BCUT2D eigenvalue weighted by Crippen LogP contribution is -2.36. The van der Waals surface area contributed by atoms with Gasteiger partial charge >= 0.3 is 0 Å². The van der Waals surface area contributed by atoms with Gasteiger partial charge in [-0.3, -0.25) is 14.4 Å². The zero-order chi connectivity index (χ0) is 19.8. The summed E-state index contributed by atoms with van der Waals surface area (Å²) in [5, 5.41) is 5.27. The van der Waals surface area contributed by atoms with Crippen molar-refractivity contribution in [1.82, 2.24) is 5.32 Å². The molecule has 27 heavy (non-hydrogen) atoms. The van der Waals surface area contributed by atoms with Crippen molar-refractivity contribution in [2.45, 2.75) is 13.8 Å². The molecule has 2 amide bonds. The highest BCUT2D eigenvalue weighted by atomic mass is 16.5. The monoisotopic (exact) mass is 370 g/mol. The van der Waals surface area contributed by atoms with Crippen LogP contribution in [-0.4, -0.2) is 38.4 Å². The second-order valence-electron chi connectivity index (χ2n) is 5.90. The van der Waals surface area contributed by atoms with E-state index in [0.29, 0.717) is 12.0 Å². The molecule has 0 aliphatic heterocycles. The Morgan fingerprint density at radius 1 is 1.07 bits per heavy atom. The molecule has 0 spiro atoms. The Labute approximate surface area is 157 Å². The number of amides is 2. The quantitative estimate of drug-likeness (QED) is 0.695. The minimum atomic E-state index is -0.473. The summed E-state index contributed by atoms with van der Waals surface area (Å²) >= 11 is 0. The maximum Gasteiger partial charge on any atom is 0.258 e. The molecule has 0 radical (unpaired) electrons. The van der Waals surface area contributed by atoms with Gasteiger partial charge in [0.05, 0.1) is 19.2 Å². The Hall–Kier alpha value is -3.35. The molecule has 2 N–H and O–H groups in total. The summed E-state index contributed by atoms with van der Waals surface area (Å²) in [5.41, 5.74) is 2.90. The number of nitrogens with one attached hydrogen (secondary N) is 2. The highest BCUT2D eigenvalue weighted by Gasteiger charge is 2.11. The van der Waals surface area contributed by atoms with Crippen LogP contribution in [0.2, 0.25) is 0 Å². The summed E-state index contributed by atoms with van der Waals surface area (Å²) in [6, 6.07) is 10.4. The average molecular weight is 370 g/mol. The molecule has 0 unspecified atom stereocenters. The van der Waals surface area contributed by atoms with E-state index in [4.69, 9.17) is 9.47 Å². The summed E-state index contributed by atoms with van der Waals surface area (Å²) in [5.74, 6) is -0.0314. The van der Waals surface area contributed by atoms with E-state index in [1.165, 1.54) is 13.2 Å². The molecular formula is C20H22N2O5. The Morgan fingerprint density at radius 2 is 1.78 bits per heavy atom. The van der Waals surface area contributed by atoms with Gasteiger partial charge in [-0.25, -0.2) is 0 Å². The van der Waals surface area contributed by atoms with Gasteiger partial charge in [-0.15, -0.1) is 0 Å². The number of hydrogen-bond acceptors (Lipinski definition) is 5. The van der Waals surface area contributed by atoms with Crippen LogP contribution in [0.3, 0.4) is 0 Å². The number of aryl methyl sites for hydroxylation is 2. The largest absolute Gasteiger partial charge is 0.497 e. The van der Waals surface area contributed by atoms with Crippen LogP contribution < -0.4 is 20.1 Å². The third-order valence-corrected chi connectivity index (χ3v) is 3.89. The van der Waals surface area contributed by atoms with Crippen LogP contribution in [0.15, 0.2) is 36.4 Å². The van der Waals surface area contributed by atoms with Crippen molar-refractivity contribution in [2.24, 2.45) is 0 Å². The van der Waals surface area contributed by atoms with Gasteiger partial charge < -0.3 is 20.1 Å². The molecule has 0 fully saturated rings. The minimum Gasteiger partial charge on any atom is -0.497 e. The molecule has 0 aromatic heterocycles. The van der Waals surface area contributed by atoms with Crippen LogP contribution in [0.1, 0.15) is 21.5 Å². The normalized spacial score (nSPS) is 10.0. The molecule has 2 rings (SSSR count). The number of ether oxygens (including phenoxy) is 2. The van der Waals surface area contributed by atoms with E-state index in [1.54, 1.807) is 12.1 Å². The standard InChI is InChI=1S/C20H22N2O5/c1-13-5-4-6-14(2)20(13)22-18(24)10-21-19(25)12-27-17-8-7-16(26-3)9-15(17)11-23/h4-9,11H,10,12H2,1-3H3,(H,21,25)(H,22,24). The lowest BCUT2D eigenvalue weighted by Gasteiger charge is -2.12. The molecule has 142 valence electrons. The molecule has 7 heteroatoms. The van der Waals surface area contributed by atoms with Crippen molar-refractivity contribution in [1.29, 1.82) is 0 Å². The molecule has 0 bridgehead atoms. The Kier molecular flexibility index (Phi) is 6.93. The predicted octanol–water partition coefficient (Wildman–Crippen LogP) is 2.26. The van der Waals surface area contributed by atoms with Crippen molar-refractivity contribution >= 4 is 23.8 Å². The first-order chi connectivity index (χ1) is 12.9. The van der Waals surface area contributed by atoms with Crippen LogP contribution in [-0.2, 0) is 9.59 Å². The van der Waals surface area contributed by atoms with Gasteiger partial charge in [-0.2, -0.15) is 0 Å².